The summed E-state index contributed by atoms with van der Waals surface area (Å²) in [7, 11) is -3.27. The van der Waals surface area contributed by atoms with Gasteiger partial charge in [-0.3, -0.25) is 4.98 Å². The quantitative estimate of drug-likeness (QED) is 0.781. The number of benzene rings is 1. The number of pyridine rings is 1. The number of rotatable bonds is 7. The van der Waals surface area contributed by atoms with Crippen molar-refractivity contribution in [1.82, 2.24) is 9.71 Å². The molecule has 0 amide bonds. The van der Waals surface area contributed by atoms with Crippen LogP contribution in [0.4, 0.5) is 4.39 Å². The molecule has 0 bridgehead atoms. The molecule has 2 heterocycles. The first-order chi connectivity index (χ1) is 13.0. The van der Waals surface area contributed by atoms with Gasteiger partial charge in [-0.25, -0.2) is 17.5 Å². The van der Waals surface area contributed by atoms with Crippen LogP contribution in [0.3, 0.4) is 0 Å². The van der Waals surface area contributed by atoms with Crippen LogP contribution in [0.15, 0.2) is 42.6 Å². The lowest BCUT2D eigenvalue weighted by atomic mass is 9.98. The maximum Gasteiger partial charge on any atom is 0.211 e. The van der Waals surface area contributed by atoms with Gasteiger partial charge < -0.3 is 9.47 Å². The summed E-state index contributed by atoms with van der Waals surface area (Å²) in [5.74, 6) is 0.292. The minimum absolute atomic E-state index is 0.0524. The van der Waals surface area contributed by atoms with E-state index in [-0.39, 0.29) is 23.5 Å². The summed E-state index contributed by atoms with van der Waals surface area (Å²) in [5.41, 5.74) is 1.54. The molecule has 1 fully saturated rings. The zero-order valence-corrected chi connectivity index (χ0v) is 15.9. The Kier molecular flexibility index (Phi) is 6.41. The second-order valence-corrected chi connectivity index (χ2v) is 8.49. The van der Waals surface area contributed by atoms with Crippen molar-refractivity contribution in [3.63, 3.8) is 0 Å². The molecule has 1 aliphatic rings. The maximum absolute atomic E-state index is 13.0. The highest BCUT2D eigenvalue weighted by Gasteiger charge is 2.29. The number of aromatic nitrogens is 1. The lowest BCUT2D eigenvalue weighted by Gasteiger charge is -2.31. The number of sulfonamides is 1. The number of ether oxygens (including phenoxy) is 2. The predicted octanol–water partition coefficient (Wildman–Crippen LogP) is 2.61. The van der Waals surface area contributed by atoms with E-state index in [9.17, 15) is 12.8 Å². The fourth-order valence-electron chi connectivity index (χ4n) is 2.90. The third-order valence-electron chi connectivity index (χ3n) is 4.53. The summed E-state index contributed by atoms with van der Waals surface area (Å²) >= 11 is 0. The predicted molar refractivity (Wildman–Crippen MR) is 100 cm³/mol. The molecule has 0 spiro atoms. The van der Waals surface area contributed by atoms with Gasteiger partial charge in [-0.2, -0.15) is 0 Å². The minimum atomic E-state index is -3.27. The Balaban J connectivity index is 1.60. The monoisotopic (exact) mass is 394 g/mol. The second-order valence-electron chi connectivity index (χ2n) is 6.45. The van der Waals surface area contributed by atoms with Crippen LogP contribution in [0.1, 0.15) is 13.3 Å². The van der Waals surface area contributed by atoms with Crippen LogP contribution in [0.5, 0.6) is 5.75 Å². The lowest BCUT2D eigenvalue weighted by Crippen LogP contribution is -2.47. The molecule has 1 aliphatic heterocycles. The first kappa shape index (κ1) is 19.7. The molecule has 8 heteroatoms. The Labute approximate surface area is 158 Å². The fourth-order valence-corrected chi connectivity index (χ4v) is 3.84. The van der Waals surface area contributed by atoms with Crippen molar-refractivity contribution in [2.24, 2.45) is 5.92 Å². The fraction of sp³-hybridized carbons (Fsp3) is 0.421. The molecule has 2 aromatic rings. The largest absolute Gasteiger partial charge is 0.493 e. The van der Waals surface area contributed by atoms with Crippen molar-refractivity contribution in [2.45, 2.75) is 19.4 Å². The van der Waals surface area contributed by atoms with Gasteiger partial charge in [0.05, 0.1) is 30.9 Å². The van der Waals surface area contributed by atoms with E-state index in [2.05, 4.69) is 9.71 Å². The molecule has 1 aromatic carbocycles. The second kappa shape index (κ2) is 8.77. The van der Waals surface area contributed by atoms with Crippen molar-refractivity contribution in [3.8, 4) is 17.0 Å². The van der Waals surface area contributed by atoms with Crippen molar-refractivity contribution in [2.75, 3.05) is 25.6 Å². The van der Waals surface area contributed by atoms with Crippen molar-refractivity contribution >= 4 is 10.0 Å². The van der Waals surface area contributed by atoms with Gasteiger partial charge in [-0.1, -0.05) is 0 Å². The Bertz CT molecular complexity index is 841. The van der Waals surface area contributed by atoms with Crippen LogP contribution in [0, 0.1) is 11.7 Å². The topological polar surface area (TPSA) is 77.5 Å². The first-order valence-corrected chi connectivity index (χ1v) is 10.5. The average Bonchev–Trinajstić information content (AvgIpc) is 2.68. The molecule has 3 rings (SSSR count). The molecule has 2 atom stereocenters. The Morgan fingerprint density at radius 2 is 2.04 bits per heavy atom. The van der Waals surface area contributed by atoms with Crippen LogP contribution in [0.25, 0.3) is 11.3 Å². The van der Waals surface area contributed by atoms with E-state index in [0.717, 1.165) is 5.56 Å². The molecule has 0 saturated carbocycles. The van der Waals surface area contributed by atoms with Gasteiger partial charge in [-0.15, -0.1) is 0 Å². The Morgan fingerprint density at radius 3 is 2.70 bits per heavy atom. The zero-order valence-electron chi connectivity index (χ0n) is 15.1. The van der Waals surface area contributed by atoms with E-state index < -0.39 is 10.0 Å². The number of hydrogen-bond acceptors (Lipinski definition) is 5. The third-order valence-corrected chi connectivity index (χ3v) is 5.95. The molecule has 1 N–H and O–H groups in total. The minimum Gasteiger partial charge on any atom is -0.493 e. The molecule has 146 valence electrons. The molecule has 1 aromatic heterocycles. The molecule has 0 aliphatic carbocycles. The zero-order chi connectivity index (χ0) is 19.3. The number of nitrogens with one attached hydrogen (secondary N) is 1. The van der Waals surface area contributed by atoms with E-state index in [1.165, 1.54) is 12.3 Å². The summed E-state index contributed by atoms with van der Waals surface area (Å²) in [6, 6.07) is 10.1. The van der Waals surface area contributed by atoms with Crippen molar-refractivity contribution < 1.29 is 22.3 Å². The summed E-state index contributed by atoms with van der Waals surface area (Å²) in [6.45, 7) is 2.96. The van der Waals surface area contributed by atoms with Gasteiger partial charge >= 0.3 is 0 Å². The Hall–Kier alpha value is -2.03. The van der Waals surface area contributed by atoms with Crippen LogP contribution in [-0.2, 0) is 14.8 Å². The van der Waals surface area contributed by atoms with E-state index in [1.54, 1.807) is 13.0 Å². The van der Waals surface area contributed by atoms with E-state index >= 15 is 0 Å². The first-order valence-electron chi connectivity index (χ1n) is 8.89. The van der Waals surface area contributed by atoms with Gasteiger partial charge in [0.15, 0.2) is 0 Å². The molecule has 27 heavy (non-hydrogen) atoms. The van der Waals surface area contributed by atoms with Gasteiger partial charge in [0.25, 0.3) is 0 Å². The van der Waals surface area contributed by atoms with E-state index in [4.69, 9.17) is 9.47 Å². The molecular formula is C19H23FN2O4S. The van der Waals surface area contributed by atoms with E-state index in [1.807, 2.05) is 24.3 Å². The standard InChI is InChI=1S/C19H23FN2O4S/c1-2-27(23,24)22-19-9-10-25-12-15(19)13-26-17-6-3-14(4-7-17)18-8-5-16(20)11-21-18/h3-8,11,15,19,22H,2,9-10,12-13H2,1H3/t15-,19+/m1/s1. The Morgan fingerprint density at radius 1 is 1.26 bits per heavy atom. The number of nitrogens with zero attached hydrogens (tertiary/aromatic N) is 1. The SMILES string of the molecule is CCS(=O)(=O)N[C@H]1CCOC[C@@H]1COc1ccc(-c2ccc(F)cn2)cc1. The molecular weight excluding hydrogens is 371 g/mol. The smallest absolute Gasteiger partial charge is 0.211 e. The summed E-state index contributed by atoms with van der Waals surface area (Å²) in [5, 5.41) is 0. The average molecular weight is 394 g/mol. The highest BCUT2D eigenvalue weighted by Crippen LogP contribution is 2.22. The maximum atomic E-state index is 13.0. The third kappa shape index (κ3) is 5.47. The number of hydrogen-bond donors (Lipinski definition) is 1. The van der Waals surface area contributed by atoms with Gasteiger partial charge in [-0.05, 0) is 49.7 Å². The van der Waals surface area contributed by atoms with Crippen molar-refractivity contribution in [3.05, 3.63) is 48.4 Å². The normalized spacial score (nSPS) is 20.4. The molecule has 6 nitrogen and oxygen atoms in total. The van der Waals surface area contributed by atoms with Crippen LogP contribution < -0.4 is 9.46 Å². The van der Waals surface area contributed by atoms with Gasteiger partial charge in [0, 0.05) is 24.1 Å². The number of halogens is 1. The summed E-state index contributed by atoms with van der Waals surface area (Å²) in [6.07, 6.45) is 1.81. The van der Waals surface area contributed by atoms with E-state index in [0.29, 0.717) is 37.7 Å². The summed E-state index contributed by atoms with van der Waals surface area (Å²) < 4.78 is 50.7. The van der Waals surface area contributed by atoms with Crippen molar-refractivity contribution in [1.29, 1.82) is 0 Å². The van der Waals surface area contributed by atoms with Crippen LogP contribution in [-0.4, -0.2) is 45.0 Å². The van der Waals surface area contributed by atoms with Crippen LogP contribution in [0.2, 0.25) is 0 Å². The molecule has 0 unspecified atom stereocenters. The van der Waals surface area contributed by atoms with Crippen LogP contribution >= 0.6 is 0 Å². The molecule has 1 saturated heterocycles. The highest BCUT2D eigenvalue weighted by atomic mass is 32.2. The summed E-state index contributed by atoms with van der Waals surface area (Å²) in [4.78, 5) is 4.05. The van der Waals surface area contributed by atoms with Gasteiger partial charge in [0.2, 0.25) is 10.0 Å². The molecule has 0 radical (unpaired) electrons. The van der Waals surface area contributed by atoms with Gasteiger partial charge in [0.1, 0.15) is 11.6 Å². The highest BCUT2D eigenvalue weighted by molar-refractivity contribution is 7.89. The lowest BCUT2D eigenvalue weighted by molar-refractivity contribution is 0.0186.